The van der Waals surface area contributed by atoms with Gasteiger partial charge in [0.1, 0.15) is 6.10 Å². The maximum atomic E-state index is 11.7. The highest BCUT2D eigenvalue weighted by Crippen LogP contribution is 2.13. The topological polar surface area (TPSA) is 46.5 Å². The van der Waals surface area contributed by atoms with E-state index in [1.807, 2.05) is 19.9 Å². The lowest BCUT2D eigenvalue weighted by molar-refractivity contribution is 0.00617. The van der Waals surface area contributed by atoms with E-state index in [-0.39, 0.29) is 24.6 Å². The van der Waals surface area contributed by atoms with E-state index in [1.165, 1.54) is 0 Å². The second-order valence-electron chi connectivity index (χ2n) is 3.88. The number of ether oxygens (including phenoxy) is 1. The van der Waals surface area contributed by atoms with E-state index in [9.17, 15) is 4.79 Å². The summed E-state index contributed by atoms with van der Waals surface area (Å²) in [6.07, 6.45) is 0.484. The third-order valence-corrected chi connectivity index (χ3v) is 2.59. The molecule has 0 aromatic heterocycles. The molecule has 0 heterocycles. The first-order valence-corrected chi connectivity index (χ1v) is 5.56. The predicted molar refractivity (Wildman–Crippen MR) is 62.2 cm³/mol. The number of hydrogen-bond acceptors (Lipinski definition) is 3. The quantitative estimate of drug-likeness (QED) is 0.777. The zero-order valence-corrected chi connectivity index (χ0v) is 9.72. The van der Waals surface area contributed by atoms with Crippen LogP contribution in [0.1, 0.15) is 30.6 Å². The summed E-state index contributed by atoms with van der Waals surface area (Å²) in [4.78, 5) is 11.7. The Labute approximate surface area is 96.1 Å². The molecule has 1 rings (SSSR count). The Morgan fingerprint density at radius 2 is 2.00 bits per heavy atom. The fraction of sp³-hybridized carbons (Fsp3) is 0.462. The number of benzene rings is 1. The molecule has 1 aromatic carbocycles. The van der Waals surface area contributed by atoms with Crippen LogP contribution in [0.15, 0.2) is 30.3 Å². The van der Waals surface area contributed by atoms with Crippen LogP contribution in [0.4, 0.5) is 0 Å². The van der Waals surface area contributed by atoms with Gasteiger partial charge in [0.15, 0.2) is 0 Å². The van der Waals surface area contributed by atoms with E-state index < -0.39 is 0 Å². The van der Waals surface area contributed by atoms with Crippen LogP contribution in [0.25, 0.3) is 0 Å². The average Bonchev–Trinajstić information content (AvgIpc) is 2.35. The molecule has 3 nitrogen and oxygen atoms in total. The molecule has 0 amide bonds. The zero-order valence-electron chi connectivity index (χ0n) is 9.72. The van der Waals surface area contributed by atoms with Crippen LogP contribution in [0.2, 0.25) is 0 Å². The molecule has 0 fully saturated rings. The third kappa shape index (κ3) is 3.35. The zero-order chi connectivity index (χ0) is 12.0. The minimum atomic E-state index is -0.326. The van der Waals surface area contributed by atoms with Crippen LogP contribution in [0.3, 0.4) is 0 Å². The number of carbonyl (C=O) groups is 1. The maximum absolute atomic E-state index is 11.7. The second-order valence-corrected chi connectivity index (χ2v) is 3.88. The van der Waals surface area contributed by atoms with Gasteiger partial charge in [-0.15, -0.1) is 0 Å². The molecule has 0 spiro atoms. The number of carbonyl (C=O) groups excluding carboxylic acids is 1. The molecule has 2 atom stereocenters. The fourth-order valence-electron chi connectivity index (χ4n) is 1.50. The van der Waals surface area contributed by atoms with E-state index in [0.29, 0.717) is 12.0 Å². The van der Waals surface area contributed by atoms with E-state index in [0.717, 1.165) is 0 Å². The Bertz CT molecular complexity index is 321. The molecule has 88 valence electrons. The van der Waals surface area contributed by atoms with Gasteiger partial charge in [0.05, 0.1) is 5.56 Å². The molecule has 0 aliphatic heterocycles. The molecule has 1 N–H and O–H groups in total. The van der Waals surface area contributed by atoms with Crippen LogP contribution in [-0.2, 0) is 4.74 Å². The van der Waals surface area contributed by atoms with Gasteiger partial charge in [0, 0.05) is 12.5 Å². The Balaban J connectivity index is 2.63. The van der Waals surface area contributed by atoms with E-state index in [1.54, 1.807) is 24.3 Å². The van der Waals surface area contributed by atoms with Crippen LogP contribution in [0.5, 0.6) is 0 Å². The van der Waals surface area contributed by atoms with Gasteiger partial charge in [0.2, 0.25) is 0 Å². The molecule has 0 aliphatic rings. The largest absolute Gasteiger partial charge is 0.458 e. The summed E-state index contributed by atoms with van der Waals surface area (Å²) < 4.78 is 5.34. The summed E-state index contributed by atoms with van der Waals surface area (Å²) in [5, 5.41) is 9.03. The lowest BCUT2D eigenvalue weighted by Crippen LogP contribution is -2.26. The van der Waals surface area contributed by atoms with Crippen molar-refractivity contribution in [1.29, 1.82) is 0 Å². The molecule has 2 unspecified atom stereocenters. The molecule has 0 aliphatic carbocycles. The van der Waals surface area contributed by atoms with Gasteiger partial charge in [-0.05, 0) is 18.6 Å². The summed E-state index contributed by atoms with van der Waals surface area (Å²) >= 11 is 0. The predicted octanol–water partition coefficient (Wildman–Crippen LogP) is 2.25. The smallest absolute Gasteiger partial charge is 0.338 e. The average molecular weight is 222 g/mol. The Morgan fingerprint density at radius 1 is 1.38 bits per heavy atom. The van der Waals surface area contributed by atoms with Gasteiger partial charge in [-0.3, -0.25) is 0 Å². The van der Waals surface area contributed by atoms with Gasteiger partial charge < -0.3 is 9.84 Å². The summed E-state index contributed by atoms with van der Waals surface area (Å²) in [6.45, 7) is 3.84. The van der Waals surface area contributed by atoms with Crippen molar-refractivity contribution in [2.75, 3.05) is 6.61 Å². The summed E-state index contributed by atoms with van der Waals surface area (Å²) in [5.74, 6) is -0.356. The van der Waals surface area contributed by atoms with Crippen LogP contribution in [0, 0.1) is 5.92 Å². The fourth-order valence-corrected chi connectivity index (χ4v) is 1.50. The Morgan fingerprint density at radius 3 is 2.50 bits per heavy atom. The van der Waals surface area contributed by atoms with Crippen molar-refractivity contribution in [3.05, 3.63) is 35.9 Å². The molecular formula is C13H18O3. The summed E-state index contributed by atoms with van der Waals surface area (Å²) in [7, 11) is 0. The standard InChI is InChI=1S/C13H18O3/c1-3-12(10(2)9-14)16-13(15)11-7-5-4-6-8-11/h4-8,10,12,14H,3,9H2,1-2H3. The number of hydrogen-bond donors (Lipinski definition) is 1. The van der Waals surface area contributed by atoms with Gasteiger partial charge >= 0.3 is 5.97 Å². The van der Waals surface area contributed by atoms with Gasteiger partial charge in [0.25, 0.3) is 0 Å². The normalized spacial score (nSPS) is 14.2. The number of aliphatic hydroxyl groups excluding tert-OH is 1. The molecule has 3 heteroatoms. The molecule has 1 aromatic rings. The highest BCUT2D eigenvalue weighted by atomic mass is 16.5. The van der Waals surface area contributed by atoms with E-state index >= 15 is 0 Å². The number of rotatable bonds is 5. The lowest BCUT2D eigenvalue weighted by atomic mass is 10.0. The minimum absolute atomic E-state index is 0.0283. The number of esters is 1. The van der Waals surface area contributed by atoms with Crippen molar-refractivity contribution in [1.82, 2.24) is 0 Å². The lowest BCUT2D eigenvalue weighted by Gasteiger charge is -2.21. The van der Waals surface area contributed by atoms with E-state index in [2.05, 4.69) is 0 Å². The van der Waals surface area contributed by atoms with Crippen LogP contribution < -0.4 is 0 Å². The molecule has 0 bridgehead atoms. The first-order chi connectivity index (χ1) is 7.69. The second kappa shape index (κ2) is 6.28. The van der Waals surface area contributed by atoms with Gasteiger partial charge in [-0.25, -0.2) is 4.79 Å². The maximum Gasteiger partial charge on any atom is 0.338 e. The first kappa shape index (κ1) is 12.7. The molecule has 0 radical (unpaired) electrons. The van der Waals surface area contributed by atoms with Crippen molar-refractivity contribution >= 4 is 5.97 Å². The first-order valence-electron chi connectivity index (χ1n) is 5.56. The van der Waals surface area contributed by atoms with Crippen molar-refractivity contribution in [2.24, 2.45) is 5.92 Å². The van der Waals surface area contributed by atoms with Crippen molar-refractivity contribution in [2.45, 2.75) is 26.4 Å². The van der Waals surface area contributed by atoms with Crippen molar-refractivity contribution in [3.8, 4) is 0 Å². The van der Waals surface area contributed by atoms with Crippen molar-refractivity contribution in [3.63, 3.8) is 0 Å². The molecule has 16 heavy (non-hydrogen) atoms. The Hall–Kier alpha value is -1.35. The SMILES string of the molecule is CCC(OC(=O)c1ccccc1)C(C)CO. The monoisotopic (exact) mass is 222 g/mol. The highest BCUT2D eigenvalue weighted by molar-refractivity contribution is 5.89. The third-order valence-electron chi connectivity index (χ3n) is 2.59. The van der Waals surface area contributed by atoms with Gasteiger partial charge in [-0.1, -0.05) is 32.0 Å². The van der Waals surface area contributed by atoms with Gasteiger partial charge in [-0.2, -0.15) is 0 Å². The molecule has 0 saturated carbocycles. The molecule has 0 saturated heterocycles. The van der Waals surface area contributed by atoms with E-state index in [4.69, 9.17) is 9.84 Å². The highest BCUT2D eigenvalue weighted by Gasteiger charge is 2.19. The van der Waals surface area contributed by atoms with Crippen LogP contribution >= 0.6 is 0 Å². The Kier molecular flexibility index (Phi) is 4.99. The summed E-state index contributed by atoms with van der Waals surface area (Å²) in [6, 6.07) is 8.89. The number of aliphatic hydroxyl groups is 1. The summed E-state index contributed by atoms with van der Waals surface area (Å²) in [5.41, 5.74) is 0.547. The van der Waals surface area contributed by atoms with Crippen LogP contribution in [-0.4, -0.2) is 23.8 Å². The minimum Gasteiger partial charge on any atom is -0.458 e. The molecular weight excluding hydrogens is 204 g/mol. The van der Waals surface area contributed by atoms with Crippen molar-refractivity contribution < 1.29 is 14.6 Å².